The molecule has 0 radical (unpaired) electrons. The Morgan fingerprint density at radius 3 is 2.95 bits per heavy atom. The molecular weight excluding hydrogens is 291 g/mol. The number of nitrogens with zero attached hydrogens (tertiary/aromatic N) is 1. The Kier molecular flexibility index (Phi) is 4.18. The summed E-state index contributed by atoms with van der Waals surface area (Å²) in [5, 5.41) is 0.421. The number of carbonyl (C=O) groups excluding carboxylic acids is 1. The van der Waals surface area contributed by atoms with Crippen molar-refractivity contribution in [1.29, 1.82) is 0 Å². The van der Waals surface area contributed by atoms with Crippen molar-refractivity contribution in [2.45, 2.75) is 37.6 Å². The smallest absolute Gasteiger partial charge is 0.226 e. The summed E-state index contributed by atoms with van der Waals surface area (Å²) in [6.45, 7) is 1.28. The molecule has 3 unspecified atom stereocenters. The second kappa shape index (κ2) is 5.93. The number of carbonyl (C=O) groups is 1. The van der Waals surface area contributed by atoms with E-state index in [1.807, 2.05) is 4.90 Å². The number of piperidine rings is 1. The fraction of sp³-hybridized carbons (Fsp3) is 0.562. The van der Waals surface area contributed by atoms with Crippen molar-refractivity contribution in [2.75, 3.05) is 13.1 Å². The lowest BCUT2D eigenvalue weighted by Gasteiger charge is -2.35. The minimum atomic E-state index is -0.309. The molecule has 3 rings (SSSR count). The molecule has 1 saturated heterocycles. The maximum Gasteiger partial charge on any atom is 0.226 e. The molecule has 2 N–H and O–H groups in total. The van der Waals surface area contributed by atoms with Gasteiger partial charge in [0.1, 0.15) is 5.82 Å². The number of benzene rings is 1. The van der Waals surface area contributed by atoms with Crippen LogP contribution in [0.15, 0.2) is 18.2 Å². The van der Waals surface area contributed by atoms with E-state index in [1.54, 1.807) is 12.1 Å². The Morgan fingerprint density at radius 1 is 1.43 bits per heavy atom. The summed E-state index contributed by atoms with van der Waals surface area (Å²) >= 11 is 6.09. The van der Waals surface area contributed by atoms with Crippen LogP contribution in [0.3, 0.4) is 0 Å². The number of halogens is 2. The molecule has 1 aromatic carbocycles. The van der Waals surface area contributed by atoms with Crippen molar-refractivity contribution in [3.8, 4) is 0 Å². The Labute approximate surface area is 129 Å². The van der Waals surface area contributed by atoms with E-state index >= 15 is 0 Å². The highest BCUT2D eigenvalue weighted by molar-refractivity contribution is 6.31. The lowest BCUT2D eigenvalue weighted by atomic mass is 10.0. The van der Waals surface area contributed by atoms with Gasteiger partial charge < -0.3 is 10.6 Å². The quantitative estimate of drug-likeness (QED) is 0.933. The third kappa shape index (κ3) is 2.79. The summed E-state index contributed by atoms with van der Waals surface area (Å²) in [4.78, 5) is 14.5. The van der Waals surface area contributed by atoms with Gasteiger partial charge in [0.2, 0.25) is 5.91 Å². The van der Waals surface area contributed by atoms with Gasteiger partial charge in [-0.05, 0) is 37.8 Å². The summed E-state index contributed by atoms with van der Waals surface area (Å²) in [5.74, 6) is -0.399. The van der Waals surface area contributed by atoms with Crippen LogP contribution < -0.4 is 5.73 Å². The van der Waals surface area contributed by atoms with Gasteiger partial charge in [-0.1, -0.05) is 17.7 Å². The molecule has 3 atom stereocenters. The Hall–Kier alpha value is -1.13. The highest BCUT2D eigenvalue weighted by atomic mass is 35.5. The van der Waals surface area contributed by atoms with Gasteiger partial charge in [0.25, 0.3) is 0 Å². The fourth-order valence-electron chi connectivity index (χ4n) is 3.40. The third-order valence-corrected chi connectivity index (χ3v) is 4.99. The molecule has 1 amide bonds. The van der Waals surface area contributed by atoms with Gasteiger partial charge in [0.15, 0.2) is 0 Å². The standard InChI is InChI=1S/C16H20ClFN2O/c17-13-5-3-6-14(18)15(13)11-8-12(11)16(21)20-7-2-1-4-10(20)9-19/h3,5-6,10-12H,1-2,4,7-9,19H2. The zero-order chi connectivity index (χ0) is 15.0. The van der Waals surface area contributed by atoms with Crippen LogP contribution in [-0.2, 0) is 4.79 Å². The highest BCUT2D eigenvalue weighted by Crippen LogP contribution is 2.51. The van der Waals surface area contributed by atoms with Crippen molar-refractivity contribution >= 4 is 17.5 Å². The Balaban J connectivity index is 1.74. The Morgan fingerprint density at radius 2 is 2.24 bits per heavy atom. The fourth-order valence-corrected chi connectivity index (χ4v) is 3.70. The first-order valence-electron chi connectivity index (χ1n) is 7.58. The monoisotopic (exact) mass is 310 g/mol. The van der Waals surface area contributed by atoms with Crippen molar-refractivity contribution in [1.82, 2.24) is 4.90 Å². The highest BCUT2D eigenvalue weighted by Gasteiger charge is 2.48. The average Bonchev–Trinajstić information content (AvgIpc) is 3.26. The van der Waals surface area contributed by atoms with Gasteiger partial charge in [0, 0.05) is 41.6 Å². The van der Waals surface area contributed by atoms with Gasteiger partial charge in [-0.25, -0.2) is 4.39 Å². The predicted octanol–water partition coefficient (Wildman–Crippen LogP) is 2.92. The third-order valence-electron chi connectivity index (χ3n) is 4.66. The van der Waals surface area contributed by atoms with E-state index in [9.17, 15) is 9.18 Å². The molecule has 0 spiro atoms. The number of nitrogens with two attached hydrogens (primary N) is 1. The van der Waals surface area contributed by atoms with Crippen molar-refractivity contribution in [3.63, 3.8) is 0 Å². The van der Waals surface area contributed by atoms with Crippen molar-refractivity contribution in [3.05, 3.63) is 34.6 Å². The molecule has 0 aromatic heterocycles. The van der Waals surface area contributed by atoms with Crippen LogP contribution in [0, 0.1) is 11.7 Å². The molecule has 2 fully saturated rings. The van der Waals surface area contributed by atoms with Crippen LogP contribution in [-0.4, -0.2) is 29.9 Å². The van der Waals surface area contributed by atoms with E-state index in [0.717, 1.165) is 25.8 Å². The van der Waals surface area contributed by atoms with Crippen LogP contribution in [0.25, 0.3) is 0 Å². The van der Waals surface area contributed by atoms with Crippen LogP contribution in [0.5, 0.6) is 0 Å². The summed E-state index contributed by atoms with van der Waals surface area (Å²) in [6.07, 6.45) is 3.81. The van der Waals surface area contributed by atoms with Crippen molar-refractivity contribution in [2.24, 2.45) is 11.7 Å². The van der Waals surface area contributed by atoms with Crippen LogP contribution in [0.2, 0.25) is 5.02 Å². The van der Waals surface area contributed by atoms with E-state index < -0.39 is 0 Å². The van der Waals surface area contributed by atoms with Gasteiger partial charge in [0.05, 0.1) is 0 Å². The lowest BCUT2D eigenvalue weighted by Crippen LogP contribution is -2.48. The topological polar surface area (TPSA) is 46.3 Å². The Bertz CT molecular complexity index is 531. The van der Waals surface area contributed by atoms with Crippen molar-refractivity contribution < 1.29 is 9.18 Å². The molecule has 1 saturated carbocycles. The molecule has 5 heteroatoms. The van der Waals surface area contributed by atoms with Crippen LogP contribution in [0.4, 0.5) is 4.39 Å². The largest absolute Gasteiger partial charge is 0.338 e. The molecule has 3 nitrogen and oxygen atoms in total. The van der Waals surface area contributed by atoms with E-state index in [-0.39, 0.29) is 29.6 Å². The summed E-state index contributed by atoms with van der Waals surface area (Å²) in [7, 11) is 0. The predicted molar refractivity (Wildman–Crippen MR) is 80.7 cm³/mol. The molecule has 0 bridgehead atoms. The molecule has 1 aromatic rings. The second-order valence-electron chi connectivity index (χ2n) is 6.00. The number of hydrogen-bond donors (Lipinski definition) is 1. The lowest BCUT2D eigenvalue weighted by molar-refractivity contribution is -0.136. The zero-order valence-electron chi connectivity index (χ0n) is 11.9. The molecular formula is C16H20ClFN2O. The average molecular weight is 311 g/mol. The summed E-state index contributed by atoms with van der Waals surface area (Å²) < 4.78 is 13.9. The summed E-state index contributed by atoms with van der Waals surface area (Å²) in [5.41, 5.74) is 6.27. The number of rotatable bonds is 3. The van der Waals surface area contributed by atoms with Gasteiger partial charge in [-0.2, -0.15) is 0 Å². The minimum absolute atomic E-state index is 0.0773. The SMILES string of the molecule is NCC1CCCCN1C(=O)C1CC1c1c(F)cccc1Cl. The first-order valence-corrected chi connectivity index (χ1v) is 7.95. The van der Waals surface area contributed by atoms with Crippen LogP contribution in [0.1, 0.15) is 37.2 Å². The van der Waals surface area contributed by atoms with Gasteiger partial charge in [-0.3, -0.25) is 4.79 Å². The van der Waals surface area contributed by atoms with E-state index in [1.165, 1.54) is 6.07 Å². The number of hydrogen-bond acceptors (Lipinski definition) is 2. The minimum Gasteiger partial charge on any atom is -0.338 e. The number of amides is 1. The molecule has 21 heavy (non-hydrogen) atoms. The zero-order valence-corrected chi connectivity index (χ0v) is 12.7. The summed E-state index contributed by atoms with van der Waals surface area (Å²) in [6, 6.07) is 4.83. The van der Waals surface area contributed by atoms with Crippen LogP contribution >= 0.6 is 11.6 Å². The first-order chi connectivity index (χ1) is 10.1. The van der Waals surface area contributed by atoms with E-state index in [0.29, 0.717) is 23.6 Å². The maximum absolute atomic E-state index is 13.9. The molecule has 1 aliphatic heterocycles. The molecule has 2 aliphatic rings. The van der Waals surface area contributed by atoms with Gasteiger partial charge >= 0.3 is 0 Å². The number of likely N-dealkylation sites (tertiary alicyclic amines) is 1. The molecule has 114 valence electrons. The van der Waals surface area contributed by atoms with E-state index in [2.05, 4.69) is 0 Å². The molecule has 1 aliphatic carbocycles. The maximum atomic E-state index is 13.9. The first kappa shape index (κ1) is 14.8. The van der Waals surface area contributed by atoms with Gasteiger partial charge in [-0.15, -0.1) is 0 Å². The molecule has 1 heterocycles. The van der Waals surface area contributed by atoms with E-state index in [4.69, 9.17) is 17.3 Å². The normalized spacial score (nSPS) is 28.5. The second-order valence-corrected chi connectivity index (χ2v) is 6.41.